The number of esters is 1. The standard InChI is InChI=1S/C21H20N2O4S/c1-13-5-4-6-17(14(13)2)20(25)27-11-19(24)23-21-22-18(12-28-21)15-7-9-16(26-3)10-8-15/h4-10,12H,11H2,1-3H3,(H,22,23,24). The zero-order valence-electron chi connectivity index (χ0n) is 15.8. The monoisotopic (exact) mass is 396 g/mol. The summed E-state index contributed by atoms with van der Waals surface area (Å²) in [5.74, 6) is -0.193. The van der Waals surface area contributed by atoms with Crippen molar-refractivity contribution in [2.75, 3.05) is 19.0 Å². The van der Waals surface area contributed by atoms with Gasteiger partial charge in [0.25, 0.3) is 5.91 Å². The van der Waals surface area contributed by atoms with Gasteiger partial charge in [-0.1, -0.05) is 12.1 Å². The molecule has 0 spiro atoms. The number of carbonyl (C=O) groups excluding carboxylic acids is 2. The van der Waals surface area contributed by atoms with E-state index in [0.29, 0.717) is 10.7 Å². The van der Waals surface area contributed by atoms with Crippen LogP contribution in [0.4, 0.5) is 5.13 Å². The Morgan fingerprint density at radius 3 is 2.57 bits per heavy atom. The number of amides is 1. The van der Waals surface area contributed by atoms with Gasteiger partial charge >= 0.3 is 5.97 Å². The Balaban J connectivity index is 1.57. The number of hydrogen-bond acceptors (Lipinski definition) is 6. The number of ether oxygens (including phenoxy) is 2. The summed E-state index contributed by atoms with van der Waals surface area (Å²) in [7, 11) is 1.61. The molecule has 0 aliphatic carbocycles. The third-order valence-electron chi connectivity index (χ3n) is 4.30. The number of aromatic nitrogens is 1. The summed E-state index contributed by atoms with van der Waals surface area (Å²) in [6.07, 6.45) is 0. The van der Waals surface area contributed by atoms with Crippen molar-refractivity contribution in [1.82, 2.24) is 4.98 Å². The fourth-order valence-electron chi connectivity index (χ4n) is 2.56. The van der Waals surface area contributed by atoms with Crippen LogP contribution in [-0.2, 0) is 9.53 Å². The van der Waals surface area contributed by atoms with Gasteiger partial charge in [-0.25, -0.2) is 9.78 Å². The van der Waals surface area contributed by atoms with E-state index >= 15 is 0 Å². The first kappa shape index (κ1) is 19.6. The van der Waals surface area contributed by atoms with Crippen LogP contribution >= 0.6 is 11.3 Å². The smallest absolute Gasteiger partial charge is 0.338 e. The van der Waals surface area contributed by atoms with Crippen molar-refractivity contribution >= 4 is 28.3 Å². The molecule has 1 aromatic heterocycles. The molecule has 3 aromatic rings. The van der Waals surface area contributed by atoms with Crippen LogP contribution < -0.4 is 10.1 Å². The predicted molar refractivity (Wildman–Crippen MR) is 109 cm³/mol. The molecule has 7 heteroatoms. The first-order valence-corrected chi connectivity index (χ1v) is 9.49. The van der Waals surface area contributed by atoms with Crippen molar-refractivity contribution in [2.24, 2.45) is 0 Å². The summed E-state index contributed by atoms with van der Waals surface area (Å²) in [5, 5.41) is 4.94. The normalized spacial score (nSPS) is 10.4. The predicted octanol–water partition coefficient (Wildman–Crippen LogP) is 4.23. The topological polar surface area (TPSA) is 77.5 Å². The van der Waals surface area contributed by atoms with Gasteiger partial charge in [0.2, 0.25) is 0 Å². The number of nitrogens with zero attached hydrogens (tertiary/aromatic N) is 1. The van der Waals surface area contributed by atoms with Crippen LogP contribution in [0.25, 0.3) is 11.3 Å². The van der Waals surface area contributed by atoms with E-state index < -0.39 is 11.9 Å². The molecule has 6 nitrogen and oxygen atoms in total. The number of methoxy groups -OCH3 is 1. The van der Waals surface area contributed by atoms with Crippen molar-refractivity contribution in [3.63, 3.8) is 0 Å². The molecule has 3 rings (SSSR count). The number of aryl methyl sites for hydroxylation is 1. The van der Waals surface area contributed by atoms with Gasteiger partial charge in [-0.05, 0) is 55.3 Å². The largest absolute Gasteiger partial charge is 0.497 e. The Labute approximate surface area is 167 Å². The highest BCUT2D eigenvalue weighted by Gasteiger charge is 2.14. The third-order valence-corrected chi connectivity index (χ3v) is 5.05. The molecule has 1 N–H and O–H groups in total. The van der Waals surface area contributed by atoms with Gasteiger partial charge in [0.05, 0.1) is 18.4 Å². The fraction of sp³-hybridized carbons (Fsp3) is 0.190. The van der Waals surface area contributed by atoms with Crippen molar-refractivity contribution in [3.8, 4) is 17.0 Å². The molecule has 1 heterocycles. The minimum atomic E-state index is -0.519. The quantitative estimate of drug-likeness (QED) is 0.631. The lowest BCUT2D eigenvalue weighted by molar-refractivity contribution is -0.119. The van der Waals surface area contributed by atoms with E-state index in [4.69, 9.17) is 9.47 Å². The lowest BCUT2D eigenvalue weighted by Gasteiger charge is -2.08. The molecule has 0 aliphatic rings. The van der Waals surface area contributed by atoms with Crippen LogP contribution in [0.2, 0.25) is 0 Å². The molecule has 0 bridgehead atoms. The zero-order chi connectivity index (χ0) is 20.1. The second-order valence-electron chi connectivity index (χ2n) is 6.14. The van der Waals surface area contributed by atoms with E-state index in [2.05, 4.69) is 10.3 Å². The minimum absolute atomic E-state index is 0.371. The highest BCUT2D eigenvalue weighted by atomic mass is 32.1. The van der Waals surface area contributed by atoms with Gasteiger partial charge in [0.15, 0.2) is 11.7 Å². The Morgan fingerprint density at radius 1 is 1.11 bits per heavy atom. The molecule has 0 atom stereocenters. The molecule has 0 saturated heterocycles. The average Bonchev–Trinajstić information content (AvgIpc) is 3.16. The number of thiazole rings is 1. The Hall–Kier alpha value is -3.19. The van der Waals surface area contributed by atoms with Crippen molar-refractivity contribution in [1.29, 1.82) is 0 Å². The van der Waals surface area contributed by atoms with Crippen molar-refractivity contribution < 1.29 is 19.1 Å². The van der Waals surface area contributed by atoms with Crippen LogP contribution in [-0.4, -0.2) is 30.6 Å². The molecule has 1 amide bonds. The van der Waals surface area contributed by atoms with Gasteiger partial charge in [-0.15, -0.1) is 11.3 Å². The van der Waals surface area contributed by atoms with E-state index in [1.807, 2.05) is 49.6 Å². The zero-order valence-corrected chi connectivity index (χ0v) is 16.6. The van der Waals surface area contributed by atoms with E-state index in [1.54, 1.807) is 19.2 Å². The van der Waals surface area contributed by atoms with Crippen LogP contribution in [0.1, 0.15) is 21.5 Å². The average molecular weight is 396 g/mol. The number of hydrogen-bond donors (Lipinski definition) is 1. The second kappa shape index (κ2) is 8.67. The number of anilines is 1. The lowest BCUT2D eigenvalue weighted by atomic mass is 10.0. The van der Waals surface area contributed by atoms with Gasteiger partial charge in [-0.2, -0.15) is 0 Å². The summed E-state index contributed by atoms with van der Waals surface area (Å²) < 4.78 is 10.3. The minimum Gasteiger partial charge on any atom is -0.497 e. The maximum atomic E-state index is 12.2. The second-order valence-corrected chi connectivity index (χ2v) is 7.00. The molecule has 2 aromatic carbocycles. The van der Waals surface area contributed by atoms with Gasteiger partial charge in [0, 0.05) is 10.9 Å². The van der Waals surface area contributed by atoms with E-state index in [-0.39, 0.29) is 6.61 Å². The Morgan fingerprint density at radius 2 is 1.86 bits per heavy atom. The van der Waals surface area contributed by atoms with Crippen LogP contribution in [0, 0.1) is 13.8 Å². The molecule has 0 aliphatic heterocycles. The first-order valence-electron chi connectivity index (χ1n) is 8.61. The molecular formula is C21H20N2O4S. The molecular weight excluding hydrogens is 376 g/mol. The first-order chi connectivity index (χ1) is 13.5. The van der Waals surface area contributed by atoms with E-state index in [1.165, 1.54) is 11.3 Å². The van der Waals surface area contributed by atoms with Crippen LogP contribution in [0.3, 0.4) is 0 Å². The lowest BCUT2D eigenvalue weighted by Crippen LogP contribution is -2.21. The summed E-state index contributed by atoms with van der Waals surface area (Å²) in [6.45, 7) is 3.40. The van der Waals surface area contributed by atoms with Gasteiger partial charge in [0.1, 0.15) is 5.75 Å². The Kier molecular flexibility index (Phi) is 6.06. The molecule has 28 heavy (non-hydrogen) atoms. The maximum Gasteiger partial charge on any atom is 0.338 e. The summed E-state index contributed by atoms with van der Waals surface area (Å²) in [5.41, 5.74) is 3.96. The summed E-state index contributed by atoms with van der Waals surface area (Å²) in [4.78, 5) is 28.7. The Bertz CT molecular complexity index is 996. The molecule has 144 valence electrons. The van der Waals surface area contributed by atoms with Crippen LogP contribution in [0.15, 0.2) is 47.8 Å². The van der Waals surface area contributed by atoms with Gasteiger partial charge < -0.3 is 9.47 Å². The molecule has 0 fully saturated rings. The molecule has 0 unspecified atom stereocenters. The summed E-state index contributed by atoms with van der Waals surface area (Å²) in [6, 6.07) is 12.9. The van der Waals surface area contributed by atoms with Crippen molar-refractivity contribution in [3.05, 3.63) is 64.5 Å². The van der Waals surface area contributed by atoms with E-state index in [0.717, 1.165) is 28.1 Å². The number of carbonyl (C=O) groups is 2. The third kappa shape index (κ3) is 4.55. The van der Waals surface area contributed by atoms with Gasteiger partial charge in [-0.3, -0.25) is 10.1 Å². The van der Waals surface area contributed by atoms with Crippen molar-refractivity contribution in [2.45, 2.75) is 13.8 Å². The fourth-order valence-corrected chi connectivity index (χ4v) is 3.30. The number of benzene rings is 2. The highest BCUT2D eigenvalue weighted by Crippen LogP contribution is 2.26. The molecule has 0 radical (unpaired) electrons. The molecule has 0 saturated carbocycles. The number of rotatable bonds is 6. The van der Waals surface area contributed by atoms with Crippen LogP contribution in [0.5, 0.6) is 5.75 Å². The number of nitrogens with one attached hydrogen (secondary N) is 1. The van der Waals surface area contributed by atoms with E-state index in [9.17, 15) is 9.59 Å². The summed E-state index contributed by atoms with van der Waals surface area (Å²) >= 11 is 1.30. The maximum absolute atomic E-state index is 12.2. The highest BCUT2D eigenvalue weighted by molar-refractivity contribution is 7.14. The SMILES string of the molecule is COc1ccc(-c2csc(NC(=O)COC(=O)c3cccc(C)c3C)n2)cc1.